The third-order valence-corrected chi connectivity index (χ3v) is 3.65. The molecular weight excluding hydrogens is 339 g/mol. The first-order chi connectivity index (χ1) is 8.63. The van der Waals surface area contributed by atoms with Crippen molar-refractivity contribution in [3.63, 3.8) is 0 Å². The summed E-state index contributed by atoms with van der Waals surface area (Å²) in [5, 5.41) is 5.10. The molecule has 1 atom stereocenters. The van der Waals surface area contributed by atoms with Crippen LogP contribution in [0.3, 0.4) is 0 Å². The molecule has 0 fully saturated rings. The molecule has 2 rings (SSSR count). The lowest BCUT2D eigenvalue weighted by Crippen LogP contribution is -2.27. The number of hydrogen-bond donors (Lipinski definition) is 2. The van der Waals surface area contributed by atoms with E-state index in [2.05, 4.69) is 27.9 Å². The summed E-state index contributed by atoms with van der Waals surface area (Å²) in [5.74, 6) is 0.0454. The fraction of sp³-hybridized carbons (Fsp3) is 0.214. The normalized spacial score (nSPS) is 12.3. The van der Waals surface area contributed by atoms with Crippen LogP contribution in [-0.4, -0.2) is 10.3 Å². The van der Waals surface area contributed by atoms with Gasteiger partial charge in [0.2, 0.25) is 5.91 Å². The van der Waals surface area contributed by atoms with Crippen molar-refractivity contribution >= 4 is 45.0 Å². The number of fused-ring (bicyclic) bond motifs is 1. The molecule has 18 heavy (non-hydrogen) atoms. The summed E-state index contributed by atoms with van der Waals surface area (Å²) in [4.78, 5) is 11.5. The number of halogens is 1. The van der Waals surface area contributed by atoms with E-state index in [1.165, 1.54) is 0 Å². The molecular formula is C14H15IN2O. The van der Waals surface area contributed by atoms with E-state index in [4.69, 9.17) is 5.73 Å². The Balaban J connectivity index is 2.45. The Labute approximate surface area is 120 Å². The van der Waals surface area contributed by atoms with Gasteiger partial charge in [0.15, 0.2) is 0 Å². The van der Waals surface area contributed by atoms with E-state index in [0.717, 1.165) is 22.0 Å². The van der Waals surface area contributed by atoms with E-state index in [1.807, 2.05) is 43.3 Å². The number of benzene rings is 2. The summed E-state index contributed by atoms with van der Waals surface area (Å²) in [6.45, 7) is 1.99. The molecule has 3 N–H and O–H groups in total. The number of nitrogens with two attached hydrogens (primary N) is 1. The standard InChI is InChI=1S/C14H15IN2O/c1-9(17-14(18)8-15)10-4-2-6-12-11(10)5-3-7-13(12)16/h2-7,9H,8,16H2,1H3,(H,17,18). The number of carbonyl (C=O) groups is 1. The van der Waals surface area contributed by atoms with Crippen LogP contribution in [0, 0.1) is 0 Å². The van der Waals surface area contributed by atoms with Gasteiger partial charge in [-0.15, -0.1) is 0 Å². The second kappa shape index (κ2) is 5.56. The Morgan fingerprint density at radius 2 is 1.94 bits per heavy atom. The molecule has 0 heterocycles. The van der Waals surface area contributed by atoms with Crippen LogP contribution in [0.5, 0.6) is 0 Å². The maximum absolute atomic E-state index is 11.5. The number of hydrogen-bond acceptors (Lipinski definition) is 2. The molecule has 0 saturated carbocycles. The van der Waals surface area contributed by atoms with Gasteiger partial charge in [-0.05, 0) is 23.9 Å². The number of carbonyl (C=O) groups excluding carboxylic acids is 1. The molecule has 0 aliphatic heterocycles. The van der Waals surface area contributed by atoms with Gasteiger partial charge >= 0.3 is 0 Å². The summed E-state index contributed by atoms with van der Waals surface area (Å²) in [7, 11) is 0. The number of anilines is 1. The largest absolute Gasteiger partial charge is 0.398 e. The minimum atomic E-state index is -0.0160. The van der Waals surface area contributed by atoms with Crippen LogP contribution in [0.2, 0.25) is 0 Å². The highest BCUT2D eigenvalue weighted by Gasteiger charge is 2.11. The molecule has 0 radical (unpaired) electrons. The lowest BCUT2D eigenvalue weighted by molar-refractivity contribution is -0.118. The summed E-state index contributed by atoms with van der Waals surface area (Å²) in [6.07, 6.45) is 0. The van der Waals surface area contributed by atoms with Gasteiger partial charge in [0.25, 0.3) is 0 Å². The van der Waals surface area contributed by atoms with Crippen LogP contribution in [0.15, 0.2) is 36.4 Å². The molecule has 1 amide bonds. The van der Waals surface area contributed by atoms with Gasteiger partial charge in [0, 0.05) is 11.1 Å². The summed E-state index contributed by atoms with van der Waals surface area (Å²) < 4.78 is 0.467. The average molecular weight is 354 g/mol. The zero-order chi connectivity index (χ0) is 13.1. The van der Waals surface area contributed by atoms with Crippen LogP contribution >= 0.6 is 22.6 Å². The molecule has 94 valence electrons. The van der Waals surface area contributed by atoms with Crippen molar-refractivity contribution in [3.8, 4) is 0 Å². The van der Waals surface area contributed by atoms with E-state index in [-0.39, 0.29) is 11.9 Å². The molecule has 0 saturated heterocycles. The fourth-order valence-corrected chi connectivity index (χ4v) is 2.31. The first-order valence-electron chi connectivity index (χ1n) is 5.76. The van der Waals surface area contributed by atoms with Gasteiger partial charge < -0.3 is 11.1 Å². The summed E-state index contributed by atoms with van der Waals surface area (Å²) in [6, 6.07) is 11.8. The highest BCUT2D eigenvalue weighted by molar-refractivity contribution is 14.1. The molecule has 0 bridgehead atoms. The number of alkyl halides is 1. The minimum Gasteiger partial charge on any atom is -0.398 e. The van der Waals surface area contributed by atoms with Gasteiger partial charge in [-0.2, -0.15) is 0 Å². The fourth-order valence-electron chi connectivity index (χ4n) is 2.09. The maximum Gasteiger partial charge on any atom is 0.230 e. The molecule has 2 aromatic rings. The lowest BCUT2D eigenvalue weighted by Gasteiger charge is -2.16. The van der Waals surface area contributed by atoms with Crippen LogP contribution < -0.4 is 11.1 Å². The molecule has 4 heteroatoms. The average Bonchev–Trinajstić information content (AvgIpc) is 2.38. The van der Waals surface area contributed by atoms with Crippen LogP contribution in [0.25, 0.3) is 10.8 Å². The first-order valence-corrected chi connectivity index (χ1v) is 7.28. The highest BCUT2D eigenvalue weighted by atomic mass is 127. The molecule has 3 nitrogen and oxygen atoms in total. The van der Waals surface area contributed by atoms with Crippen LogP contribution in [0.4, 0.5) is 5.69 Å². The third-order valence-electron chi connectivity index (χ3n) is 2.95. The SMILES string of the molecule is CC(NC(=O)CI)c1cccc2c(N)cccc12. The number of amides is 1. The summed E-state index contributed by atoms with van der Waals surface area (Å²) in [5.41, 5.74) is 7.83. The Morgan fingerprint density at radius 3 is 2.67 bits per heavy atom. The maximum atomic E-state index is 11.5. The van der Waals surface area contributed by atoms with E-state index in [1.54, 1.807) is 0 Å². The van der Waals surface area contributed by atoms with Gasteiger partial charge in [-0.1, -0.05) is 52.9 Å². The number of rotatable bonds is 3. The van der Waals surface area contributed by atoms with Crippen molar-refractivity contribution in [2.75, 3.05) is 10.2 Å². The Morgan fingerprint density at radius 1 is 1.28 bits per heavy atom. The minimum absolute atomic E-state index is 0.0160. The predicted octanol–water partition coefficient (Wildman–Crippen LogP) is 3.03. The quantitative estimate of drug-likeness (QED) is 0.506. The lowest BCUT2D eigenvalue weighted by atomic mass is 9.99. The van der Waals surface area contributed by atoms with E-state index >= 15 is 0 Å². The summed E-state index contributed by atoms with van der Waals surface area (Å²) >= 11 is 2.06. The van der Waals surface area contributed by atoms with E-state index in [0.29, 0.717) is 4.43 Å². The molecule has 0 aliphatic rings. The van der Waals surface area contributed by atoms with Gasteiger partial charge in [0.1, 0.15) is 0 Å². The number of nitrogen functional groups attached to an aromatic ring is 1. The topological polar surface area (TPSA) is 55.1 Å². The van der Waals surface area contributed by atoms with Gasteiger partial charge in [0.05, 0.1) is 10.5 Å². The molecule has 0 aliphatic carbocycles. The van der Waals surface area contributed by atoms with Crippen molar-refractivity contribution < 1.29 is 4.79 Å². The molecule has 2 aromatic carbocycles. The second-order valence-electron chi connectivity index (χ2n) is 4.21. The van der Waals surface area contributed by atoms with Crippen molar-refractivity contribution in [2.24, 2.45) is 0 Å². The van der Waals surface area contributed by atoms with Crippen LogP contribution in [0.1, 0.15) is 18.5 Å². The van der Waals surface area contributed by atoms with E-state index < -0.39 is 0 Å². The van der Waals surface area contributed by atoms with Crippen molar-refractivity contribution in [1.29, 1.82) is 0 Å². The van der Waals surface area contributed by atoms with Crippen molar-refractivity contribution in [1.82, 2.24) is 5.32 Å². The second-order valence-corrected chi connectivity index (χ2v) is 4.98. The number of nitrogens with one attached hydrogen (secondary N) is 1. The van der Waals surface area contributed by atoms with Crippen LogP contribution in [-0.2, 0) is 4.79 Å². The Hall–Kier alpha value is -1.30. The molecule has 0 spiro atoms. The van der Waals surface area contributed by atoms with E-state index in [9.17, 15) is 4.79 Å². The third kappa shape index (κ3) is 2.58. The Kier molecular flexibility index (Phi) is 4.06. The zero-order valence-electron chi connectivity index (χ0n) is 10.1. The molecule has 0 aromatic heterocycles. The zero-order valence-corrected chi connectivity index (χ0v) is 12.3. The first kappa shape index (κ1) is 13.1. The van der Waals surface area contributed by atoms with Crippen molar-refractivity contribution in [3.05, 3.63) is 42.0 Å². The molecule has 1 unspecified atom stereocenters. The van der Waals surface area contributed by atoms with Crippen molar-refractivity contribution in [2.45, 2.75) is 13.0 Å². The van der Waals surface area contributed by atoms with Gasteiger partial charge in [-0.25, -0.2) is 0 Å². The highest BCUT2D eigenvalue weighted by Crippen LogP contribution is 2.27. The smallest absolute Gasteiger partial charge is 0.230 e. The predicted molar refractivity (Wildman–Crippen MR) is 83.8 cm³/mol. The Bertz CT molecular complexity index is 583. The van der Waals surface area contributed by atoms with Gasteiger partial charge in [-0.3, -0.25) is 4.79 Å². The monoisotopic (exact) mass is 354 g/mol.